The van der Waals surface area contributed by atoms with Gasteiger partial charge in [0.25, 0.3) is 0 Å². The molecular formula is C17H20N2O3. The highest BCUT2D eigenvalue weighted by Crippen LogP contribution is 2.23. The van der Waals surface area contributed by atoms with Crippen LogP contribution in [0.15, 0.2) is 48.8 Å². The fourth-order valence-electron chi connectivity index (χ4n) is 2.32. The molecule has 0 bridgehead atoms. The number of benzene rings is 1. The molecular weight excluding hydrogens is 280 g/mol. The van der Waals surface area contributed by atoms with Crippen LogP contribution in [0.4, 0.5) is 0 Å². The number of pyridine rings is 1. The Morgan fingerprint density at radius 2 is 2.00 bits per heavy atom. The first-order valence-electron chi connectivity index (χ1n) is 7.12. The molecule has 2 N–H and O–H groups in total. The predicted octanol–water partition coefficient (Wildman–Crippen LogP) is 2.96. The molecule has 0 aliphatic heterocycles. The van der Waals surface area contributed by atoms with Gasteiger partial charge in [-0.2, -0.15) is 0 Å². The molecule has 0 aliphatic carbocycles. The summed E-state index contributed by atoms with van der Waals surface area (Å²) >= 11 is 0. The van der Waals surface area contributed by atoms with Crippen LogP contribution in [0.5, 0.6) is 5.75 Å². The Balaban J connectivity index is 2.13. The van der Waals surface area contributed by atoms with Crippen molar-refractivity contribution in [2.45, 2.75) is 25.4 Å². The summed E-state index contributed by atoms with van der Waals surface area (Å²) in [6.45, 7) is 2.01. The molecule has 116 valence electrons. The van der Waals surface area contributed by atoms with E-state index in [9.17, 15) is 4.79 Å². The average molecular weight is 300 g/mol. The molecule has 0 radical (unpaired) electrons. The quantitative estimate of drug-likeness (QED) is 0.822. The smallest absolute Gasteiger partial charge is 0.305 e. The van der Waals surface area contributed by atoms with Crippen LogP contribution < -0.4 is 10.1 Å². The van der Waals surface area contributed by atoms with Crippen molar-refractivity contribution in [2.75, 3.05) is 7.11 Å². The van der Waals surface area contributed by atoms with Crippen LogP contribution in [0.2, 0.25) is 0 Å². The molecule has 0 aliphatic rings. The number of carboxylic acids is 1. The van der Waals surface area contributed by atoms with Gasteiger partial charge in [0, 0.05) is 24.5 Å². The SMILES string of the molecule is COc1ccc([C@H](C)NC(CC(=O)O)c2cccnc2)cc1. The minimum absolute atomic E-state index is 0.00614. The zero-order chi connectivity index (χ0) is 15.9. The van der Waals surface area contributed by atoms with Gasteiger partial charge in [-0.05, 0) is 36.2 Å². The maximum absolute atomic E-state index is 11.1. The van der Waals surface area contributed by atoms with E-state index in [1.54, 1.807) is 19.5 Å². The summed E-state index contributed by atoms with van der Waals surface area (Å²) in [5.74, 6) is -0.0476. The molecule has 2 atom stereocenters. The number of carboxylic acid groups (broad SMARTS) is 1. The molecule has 0 amide bonds. The Labute approximate surface area is 130 Å². The monoisotopic (exact) mass is 300 g/mol. The van der Waals surface area contributed by atoms with Crippen LogP contribution >= 0.6 is 0 Å². The van der Waals surface area contributed by atoms with Crippen LogP contribution in [-0.4, -0.2) is 23.2 Å². The number of aromatic nitrogens is 1. The van der Waals surface area contributed by atoms with Gasteiger partial charge in [-0.25, -0.2) is 0 Å². The molecule has 5 nitrogen and oxygen atoms in total. The first-order chi connectivity index (χ1) is 10.6. The van der Waals surface area contributed by atoms with Gasteiger partial charge in [-0.15, -0.1) is 0 Å². The van der Waals surface area contributed by atoms with Crippen LogP contribution in [0.25, 0.3) is 0 Å². The predicted molar refractivity (Wildman–Crippen MR) is 83.8 cm³/mol. The van der Waals surface area contributed by atoms with E-state index in [4.69, 9.17) is 9.84 Å². The van der Waals surface area contributed by atoms with Crippen molar-refractivity contribution in [3.8, 4) is 5.75 Å². The normalized spacial score (nSPS) is 13.4. The Morgan fingerprint density at radius 1 is 1.27 bits per heavy atom. The third-order valence-corrected chi connectivity index (χ3v) is 3.53. The van der Waals surface area contributed by atoms with Crippen molar-refractivity contribution >= 4 is 5.97 Å². The molecule has 1 aromatic heterocycles. The zero-order valence-electron chi connectivity index (χ0n) is 12.7. The summed E-state index contributed by atoms with van der Waals surface area (Å²) in [5, 5.41) is 12.5. The second kappa shape index (κ2) is 7.56. The standard InChI is InChI=1S/C17H20N2O3/c1-12(13-5-7-15(22-2)8-6-13)19-16(10-17(20)21)14-4-3-9-18-11-14/h3-9,11-12,16,19H,10H2,1-2H3,(H,20,21)/t12-,16?/m0/s1. The number of nitrogens with zero attached hydrogens (tertiary/aromatic N) is 1. The highest BCUT2D eigenvalue weighted by Gasteiger charge is 2.18. The molecule has 2 rings (SSSR count). The van der Waals surface area contributed by atoms with Gasteiger partial charge >= 0.3 is 5.97 Å². The lowest BCUT2D eigenvalue weighted by Crippen LogP contribution is -2.26. The molecule has 0 saturated heterocycles. The maximum Gasteiger partial charge on any atom is 0.305 e. The van der Waals surface area contributed by atoms with Gasteiger partial charge in [-0.3, -0.25) is 9.78 Å². The molecule has 0 saturated carbocycles. The number of hydrogen-bond acceptors (Lipinski definition) is 4. The maximum atomic E-state index is 11.1. The topological polar surface area (TPSA) is 71.5 Å². The largest absolute Gasteiger partial charge is 0.497 e. The molecule has 0 fully saturated rings. The molecule has 22 heavy (non-hydrogen) atoms. The lowest BCUT2D eigenvalue weighted by atomic mass is 10.0. The van der Waals surface area contributed by atoms with E-state index >= 15 is 0 Å². The Kier molecular flexibility index (Phi) is 5.49. The van der Waals surface area contributed by atoms with Crippen molar-refractivity contribution in [2.24, 2.45) is 0 Å². The van der Waals surface area contributed by atoms with E-state index in [-0.39, 0.29) is 18.5 Å². The summed E-state index contributed by atoms with van der Waals surface area (Å²) in [6.07, 6.45) is 3.38. The summed E-state index contributed by atoms with van der Waals surface area (Å²) in [6, 6.07) is 11.1. The summed E-state index contributed by atoms with van der Waals surface area (Å²) in [7, 11) is 1.63. The van der Waals surface area contributed by atoms with Crippen LogP contribution in [0.3, 0.4) is 0 Å². The Bertz CT molecular complexity index is 599. The lowest BCUT2D eigenvalue weighted by Gasteiger charge is -2.23. The van der Waals surface area contributed by atoms with Crippen molar-refractivity contribution in [1.29, 1.82) is 0 Å². The van der Waals surface area contributed by atoms with E-state index in [0.29, 0.717) is 0 Å². The minimum atomic E-state index is -0.844. The van der Waals surface area contributed by atoms with Gasteiger partial charge in [-0.1, -0.05) is 18.2 Å². The van der Waals surface area contributed by atoms with Gasteiger partial charge < -0.3 is 15.2 Å². The third kappa shape index (κ3) is 4.30. The second-order valence-electron chi connectivity index (χ2n) is 5.10. The van der Waals surface area contributed by atoms with Gasteiger partial charge in [0.05, 0.1) is 13.5 Å². The number of nitrogens with one attached hydrogen (secondary N) is 1. The average Bonchev–Trinajstić information content (AvgIpc) is 2.54. The number of aliphatic carboxylic acids is 1. The van der Waals surface area contributed by atoms with Crippen LogP contribution in [0, 0.1) is 0 Å². The number of hydrogen-bond donors (Lipinski definition) is 2. The van der Waals surface area contributed by atoms with E-state index in [1.165, 1.54) is 0 Å². The molecule has 1 unspecified atom stereocenters. The summed E-state index contributed by atoms with van der Waals surface area (Å²) < 4.78 is 5.15. The molecule has 0 spiro atoms. The fraction of sp³-hybridized carbons (Fsp3) is 0.294. The Hall–Kier alpha value is -2.40. The van der Waals surface area contributed by atoms with E-state index in [1.807, 2.05) is 43.3 Å². The second-order valence-corrected chi connectivity index (χ2v) is 5.10. The zero-order valence-corrected chi connectivity index (χ0v) is 12.7. The van der Waals surface area contributed by atoms with Crippen LogP contribution in [-0.2, 0) is 4.79 Å². The van der Waals surface area contributed by atoms with Crippen LogP contribution in [0.1, 0.15) is 36.6 Å². The molecule has 1 heterocycles. The molecule has 2 aromatic rings. The van der Waals surface area contributed by atoms with E-state index in [0.717, 1.165) is 16.9 Å². The van der Waals surface area contributed by atoms with E-state index < -0.39 is 5.97 Å². The minimum Gasteiger partial charge on any atom is -0.497 e. The Morgan fingerprint density at radius 3 is 2.55 bits per heavy atom. The number of rotatable bonds is 7. The highest BCUT2D eigenvalue weighted by atomic mass is 16.5. The number of carbonyl (C=O) groups is 1. The van der Waals surface area contributed by atoms with E-state index in [2.05, 4.69) is 10.3 Å². The third-order valence-electron chi connectivity index (χ3n) is 3.53. The lowest BCUT2D eigenvalue weighted by molar-refractivity contribution is -0.137. The van der Waals surface area contributed by atoms with Crippen molar-refractivity contribution in [3.05, 3.63) is 59.9 Å². The highest BCUT2D eigenvalue weighted by molar-refractivity contribution is 5.67. The first kappa shape index (κ1) is 16.0. The first-order valence-corrected chi connectivity index (χ1v) is 7.12. The van der Waals surface area contributed by atoms with Crippen molar-refractivity contribution in [1.82, 2.24) is 10.3 Å². The number of ether oxygens (including phenoxy) is 1. The summed E-state index contributed by atoms with van der Waals surface area (Å²) in [4.78, 5) is 15.2. The fourth-order valence-corrected chi connectivity index (χ4v) is 2.32. The van der Waals surface area contributed by atoms with Gasteiger partial charge in [0.2, 0.25) is 0 Å². The van der Waals surface area contributed by atoms with Gasteiger partial charge in [0.1, 0.15) is 5.75 Å². The molecule has 1 aromatic carbocycles. The van der Waals surface area contributed by atoms with Crippen molar-refractivity contribution < 1.29 is 14.6 Å². The number of methoxy groups -OCH3 is 1. The molecule has 5 heteroatoms. The van der Waals surface area contributed by atoms with Crippen molar-refractivity contribution in [3.63, 3.8) is 0 Å². The summed E-state index contributed by atoms with van der Waals surface area (Å²) in [5.41, 5.74) is 1.94. The van der Waals surface area contributed by atoms with Gasteiger partial charge in [0.15, 0.2) is 0 Å².